The van der Waals surface area contributed by atoms with Crippen LogP contribution in [0.3, 0.4) is 0 Å². The van der Waals surface area contributed by atoms with E-state index in [-0.39, 0.29) is 11.4 Å². The lowest BCUT2D eigenvalue weighted by Gasteiger charge is -2.26. The molecule has 9 heteroatoms. The van der Waals surface area contributed by atoms with Gasteiger partial charge in [0, 0.05) is 5.69 Å². The molecule has 0 radical (unpaired) electrons. The molecule has 0 amide bonds. The van der Waals surface area contributed by atoms with E-state index in [1.807, 2.05) is 52.0 Å². The lowest BCUT2D eigenvalue weighted by molar-refractivity contribution is 0.243. The average molecular weight is 542 g/mol. The van der Waals surface area contributed by atoms with Crippen molar-refractivity contribution in [3.63, 3.8) is 0 Å². The van der Waals surface area contributed by atoms with Crippen LogP contribution in [0.4, 0.5) is 23.1 Å². The van der Waals surface area contributed by atoms with E-state index >= 15 is 0 Å². The highest BCUT2D eigenvalue weighted by molar-refractivity contribution is 7.92. The lowest BCUT2D eigenvalue weighted by atomic mass is 9.87. The minimum Gasteiger partial charge on any atom is -0.611 e. The summed E-state index contributed by atoms with van der Waals surface area (Å²) >= 11 is 5.37. The van der Waals surface area contributed by atoms with E-state index in [4.69, 9.17) is 16.3 Å². The lowest BCUT2D eigenvalue weighted by Crippen LogP contribution is -2.27. The van der Waals surface area contributed by atoms with Gasteiger partial charge in [0.05, 0.1) is 18.0 Å². The predicted octanol–water partition coefficient (Wildman–Crippen LogP) is 6.70. The summed E-state index contributed by atoms with van der Waals surface area (Å²) in [5.74, 6) is 2.20. The molecular formula is C28H36ClN5O2S. The first-order chi connectivity index (χ1) is 17.7. The molecule has 1 aromatic heterocycles. The third kappa shape index (κ3) is 7.08. The molecule has 0 unspecified atom stereocenters. The van der Waals surface area contributed by atoms with Gasteiger partial charge >= 0.3 is 0 Å². The SMILES string of the molecule is Cc1cc(Nc2ncc(Cl)c(Nc3ccc([S@+]([O-])C(C)C)cc3)n2)c(OC(C)C)cc1C1CCNCC1. The molecule has 1 aliphatic heterocycles. The van der Waals surface area contributed by atoms with Crippen molar-refractivity contribution in [2.45, 2.75) is 69.6 Å². The molecule has 2 aromatic carbocycles. The van der Waals surface area contributed by atoms with Crippen LogP contribution in [-0.4, -0.2) is 39.0 Å². The maximum atomic E-state index is 12.3. The van der Waals surface area contributed by atoms with Gasteiger partial charge in [0.1, 0.15) is 16.0 Å². The molecule has 0 aliphatic carbocycles. The number of piperidine rings is 1. The van der Waals surface area contributed by atoms with Gasteiger partial charge < -0.3 is 25.2 Å². The number of benzene rings is 2. The van der Waals surface area contributed by atoms with Crippen molar-refractivity contribution >= 4 is 45.9 Å². The zero-order chi connectivity index (χ0) is 26.5. The van der Waals surface area contributed by atoms with Gasteiger partial charge in [-0.05, 0) is 125 Å². The highest BCUT2D eigenvalue weighted by atomic mass is 35.5. The van der Waals surface area contributed by atoms with Gasteiger partial charge in [-0.25, -0.2) is 4.98 Å². The third-order valence-electron chi connectivity index (χ3n) is 6.28. The Labute approximate surface area is 228 Å². The Morgan fingerprint density at radius 2 is 1.78 bits per heavy atom. The fraction of sp³-hybridized carbons (Fsp3) is 0.429. The molecule has 2 heterocycles. The quantitative estimate of drug-likeness (QED) is 0.259. The van der Waals surface area contributed by atoms with Gasteiger partial charge in [0.2, 0.25) is 5.95 Å². The highest BCUT2D eigenvalue weighted by Gasteiger charge is 2.21. The molecule has 7 nitrogen and oxygen atoms in total. The molecule has 0 bridgehead atoms. The average Bonchev–Trinajstić information content (AvgIpc) is 2.87. The molecule has 198 valence electrons. The van der Waals surface area contributed by atoms with E-state index < -0.39 is 11.2 Å². The number of nitrogens with one attached hydrogen (secondary N) is 3. The normalized spacial score (nSPS) is 15.2. The van der Waals surface area contributed by atoms with E-state index in [2.05, 4.69) is 45.0 Å². The maximum absolute atomic E-state index is 12.3. The summed E-state index contributed by atoms with van der Waals surface area (Å²) in [6, 6.07) is 11.8. The van der Waals surface area contributed by atoms with E-state index in [9.17, 15) is 4.55 Å². The number of halogens is 1. The molecular weight excluding hydrogens is 506 g/mol. The Kier molecular flexibility index (Phi) is 9.18. The Bertz CT molecular complexity index is 1200. The van der Waals surface area contributed by atoms with E-state index in [1.54, 1.807) is 6.20 Å². The summed E-state index contributed by atoms with van der Waals surface area (Å²) in [5, 5.41) is 10.5. The molecule has 1 saturated heterocycles. The van der Waals surface area contributed by atoms with Crippen LogP contribution in [0.5, 0.6) is 5.75 Å². The van der Waals surface area contributed by atoms with Crippen molar-refractivity contribution in [3.05, 3.63) is 58.7 Å². The van der Waals surface area contributed by atoms with Crippen molar-refractivity contribution in [2.75, 3.05) is 23.7 Å². The number of hydrogen-bond acceptors (Lipinski definition) is 7. The second kappa shape index (κ2) is 12.3. The van der Waals surface area contributed by atoms with Gasteiger partial charge in [-0.2, -0.15) is 4.98 Å². The monoisotopic (exact) mass is 541 g/mol. The zero-order valence-corrected chi connectivity index (χ0v) is 23.7. The van der Waals surface area contributed by atoms with Gasteiger partial charge in [0.25, 0.3) is 0 Å². The van der Waals surface area contributed by atoms with Crippen molar-refractivity contribution in [1.29, 1.82) is 0 Å². The summed E-state index contributed by atoms with van der Waals surface area (Å²) in [5.41, 5.74) is 4.17. The second-order valence-corrected chi connectivity index (χ2v) is 12.3. The molecule has 4 rings (SSSR count). The standard InChI is InChI=1S/C28H36ClN5O2S/c1-17(2)36-26-15-23(20-10-12-30-13-11-20)19(5)14-25(26)33-28-31-16-24(29)27(34-28)32-21-6-8-22(9-7-21)37(35)18(3)4/h6-9,14-18,20,30H,10-13H2,1-5H3,(H2,31,32,33,34)/t37-/m1/s1. The van der Waals surface area contributed by atoms with Crippen molar-refractivity contribution < 1.29 is 9.29 Å². The molecule has 1 atom stereocenters. The minimum atomic E-state index is -1.04. The first-order valence-corrected chi connectivity index (χ1v) is 14.4. The van der Waals surface area contributed by atoms with Crippen molar-refractivity contribution in [1.82, 2.24) is 15.3 Å². The molecule has 0 spiro atoms. The Hall–Kier alpha value is -2.52. The Morgan fingerprint density at radius 3 is 2.43 bits per heavy atom. The molecule has 0 saturated carbocycles. The molecule has 1 aliphatic rings. The van der Waals surface area contributed by atoms with Gasteiger partial charge in [-0.15, -0.1) is 0 Å². The Balaban J connectivity index is 1.57. The molecule has 1 fully saturated rings. The number of anilines is 4. The first kappa shape index (κ1) is 27.5. The topological polar surface area (TPSA) is 94.2 Å². The number of rotatable bonds is 9. The van der Waals surface area contributed by atoms with E-state index in [0.29, 0.717) is 22.7 Å². The van der Waals surface area contributed by atoms with Gasteiger partial charge in [-0.1, -0.05) is 11.6 Å². The number of hydrogen-bond donors (Lipinski definition) is 3. The summed E-state index contributed by atoms with van der Waals surface area (Å²) in [4.78, 5) is 9.81. The van der Waals surface area contributed by atoms with Crippen molar-refractivity contribution in [2.24, 2.45) is 0 Å². The van der Waals surface area contributed by atoms with Crippen LogP contribution in [0, 0.1) is 6.92 Å². The number of ether oxygens (including phenoxy) is 1. The fourth-order valence-corrected chi connectivity index (χ4v) is 5.53. The summed E-state index contributed by atoms with van der Waals surface area (Å²) in [6.45, 7) is 12.2. The van der Waals surface area contributed by atoms with Gasteiger partial charge in [-0.3, -0.25) is 0 Å². The molecule has 3 N–H and O–H groups in total. The molecule has 37 heavy (non-hydrogen) atoms. The summed E-state index contributed by atoms with van der Waals surface area (Å²) in [6.07, 6.45) is 3.85. The smallest absolute Gasteiger partial charge is 0.229 e. The largest absolute Gasteiger partial charge is 0.611 e. The third-order valence-corrected chi connectivity index (χ3v) is 8.15. The highest BCUT2D eigenvalue weighted by Crippen LogP contribution is 2.37. The van der Waals surface area contributed by atoms with E-state index in [0.717, 1.165) is 48.0 Å². The first-order valence-electron chi connectivity index (χ1n) is 12.8. The van der Waals surface area contributed by atoms with Crippen LogP contribution in [-0.2, 0) is 11.2 Å². The molecule has 3 aromatic rings. The van der Waals surface area contributed by atoms with Crippen LogP contribution < -0.4 is 20.7 Å². The zero-order valence-electron chi connectivity index (χ0n) is 22.1. The van der Waals surface area contributed by atoms with Crippen LogP contribution in [0.25, 0.3) is 0 Å². The van der Waals surface area contributed by atoms with E-state index in [1.165, 1.54) is 11.1 Å². The summed E-state index contributed by atoms with van der Waals surface area (Å²) < 4.78 is 18.5. The van der Waals surface area contributed by atoms with Crippen molar-refractivity contribution in [3.8, 4) is 5.75 Å². The number of aryl methyl sites for hydroxylation is 1. The predicted molar refractivity (Wildman–Crippen MR) is 153 cm³/mol. The summed E-state index contributed by atoms with van der Waals surface area (Å²) in [7, 11) is 0. The maximum Gasteiger partial charge on any atom is 0.229 e. The number of aromatic nitrogens is 2. The van der Waals surface area contributed by atoms with Crippen LogP contribution in [0.1, 0.15) is 57.6 Å². The minimum absolute atomic E-state index is 0.0282. The number of nitrogens with zero attached hydrogens (tertiary/aromatic N) is 2. The Morgan fingerprint density at radius 1 is 1.08 bits per heavy atom. The second-order valence-electron chi connectivity index (χ2n) is 9.91. The van der Waals surface area contributed by atoms with Crippen LogP contribution in [0.2, 0.25) is 5.02 Å². The van der Waals surface area contributed by atoms with Crippen LogP contribution >= 0.6 is 11.6 Å². The van der Waals surface area contributed by atoms with Crippen LogP contribution in [0.15, 0.2) is 47.5 Å². The fourth-order valence-electron chi connectivity index (χ4n) is 4.44. The van der Waals surface area contributed by atoms with Gasteiger partial charge in [0.15, 0.2) is 10.7 Å².